The zero-order valence-corrected chi connectivity index (χ0v) is 10.3. The third-order valence-corrected chi connectivity index (χ3v) is 2.95. The summed E-state index contributed by atoms with van der Waals surface area (Å²) in [6, 6.07) is 0. The number of carbonyl (C=O) groups excluding carboxylic acids is 1. The molecule has 5 atom stereocenters. The zero-order chi connectivity index (χ0) is 13.7. The predicted molar refractivity (Wildman–Crippen MR) is 61.4 cm³/mol. The Kier molecular flexibility index (Phi) is 5.97. The molecule has 1 saturated heterocycles. The summed E-state index contributed by atoms with van der Waals surface area (Å²) in [6.07, 6.45) is -4.55. The third kappa shape index (κ3) is 3.63. The van der Waals surface area contributed by atoms with Gasteiger partial charge in [-0.3, -0.25) is 4.79 Å². The molecule has 1 aliphatic rings. The van der Waals surface area contributed by atoms with Gasteiger partial charge in [0.25, 0.3) is 0 Å². The van der Waals surface area contributed by atoms with Gasteiger partial charge in [0.2, 0.25) is 5.91 Å². The second-order valence-electron chi connectivity index (χ2n) is 4.42. The van der Waals surface area contributed by atoms with E-state index in [1.54, 1.807) is 0 Å². The van der Waals surface area contributed by atoms with Crippen molar-refractivity contribution in [2.75, 3.05) is 6.61 Å². The van der Waals surface area contributed by atoms with Crippen LogP contribution in [0.4, 0.5) is 0 Å². The molecular formula is C11H21NO6. The quantitative estimate of drug-likeness (QED) is 0.395. The molecule has 1 unspecified atom stereocenters. The Morgan fingerprint density at radius 1 is 1.22 bits per heavy atom. The smallest absolute Gasteiger partial charge is 0.222 e. The van der Waals surface area contributed by atoms with Crippen LogP contribution in [0.25, 0.3) is 0 Å². The molecule has 5 N–H and O–H groups in total. The molecule has 7 nitrogen and oxygen atoms in total. The van der Waals surface area contributed by atoms with E-state index in [2.05, 4.69) is 5.32 Å². The summed E-state index contributed by atoms with van der Waals surface area (Å²) < 4.78 is 5.14. The zero-order valence-electron chi connectivity index (χ0n) is 10.3. The average molecular weight is 263 g/mol. The Morgan fingerprint density at radius 3 is 2.44 bits per heavy atom. The molecule has 0 radical (unpaired) electrons. The number of aliphatic hydroxyl groups excluding tert-OH is 4. The van der Waals surface area contributed by atoms with Crippen LogP contribution in [0.3, 0.4) is 0 Å². The Balaban J connectivity index is 2.56. The lowest BCUT2D eigenvalue weighted by molar-refractivity contribution is -0.236. The van der Waals surface area contributed by atoms with Gasteiger partial charge in [-0.25, -0.2) is 0 Å². The Bertz CT molecular complexity index is 272. The first-order valence-electron chi connectivity index (χ1n) is 6.11. The second kappa shape index (κ2) is 7.01. The highest BCUT2D eigenvalue weighted by atomic mass is 16.6. The van der Waals surface area contributed by atoms with Crippen molar-refractivity contribution in [2.45, 2.75) is 56.8 Å². The van der Waals surface area contributed by atoms with Gasteiger partial charge in [0.1, 0.15) is 24.4 Å². The highest BCUT2D eigenvalue weighted by molar-refractivity contribution is 5.76. The fraction of sp³-hybridized carbons (Fsp3) is 0.909. The van der Waals surface area contributed by atoms with Gasteiger partial charge in [-0.05, 0) is 6.42 Å². The van der Waals surface area contributed by atoms with Gasteiger partial charge in [-0.15, -0.1) is 0 Å². The van der Waals surface area contributed by atoms with Crippen LogP contribution in [-0.4, -0.2) is 63.6 Å². The van der Waals surface area contributed by atoms with Crippen LogP contribution in [-0.2, 0) is 9.53 Å². The Labute approximate surface area is 105 Å². The summed E-state index contributed by atoms with van der Waals surface area (Å²) in [5, 5.41) is 40.1. The number of hydrogen-bond donors (Lipinski definition) is 5. The van der Waals surface area contributed by atoms with Crippen LogP contribution in [0.1, 0.15) is 26.2 Å². The van der Waals surface area contributed by atoms with Crippen LogP contribution in [0.15, 0.2) is 0 Å². The standard InChI is InChI=1S/C11H21NO6/c1-2-3-4-7(14)12-11-10(17)9(16)8(15)6(5-13)18-11/h6,8-11,13,15-17H,2-5H2,1H3,(H,12,14)/t6-,8-,9+,10-,11?/m1/s1. The molecule has 106 valence electrons. The van der Waals surface area contributed by atoms with E-state index in [0.29, 0.717) is 12.8 Å². The van der Waals surface area contributed by atoms with Gasteiger partial charge in [0, 0.05) is 6.42 Å². The van der Waals surface area contributed by atoms with Crippen molar-refractivity contribution in [1.82, 2.24) is 5.32 Å². The van der Waals surface area contributed by atoms with E-state index in [4.69, 9.17) is 9.84 Å². The first-order valence-corrected chi connectivity index (χ1v) is 6.11. The summed E-state index contributed by atoms with van der Waals surface area (Å²) in [5.41, 5.74) is 0. The lowest BCUT2D eigenvalue weighted by Crippen LogP contribution is -2.63. The SMILES string of the molecule is CCCCC(=O)NC1O[C@H](CO)[C@@H](O)[C@H](O)[C@H]1O. The molecule has 0 bridgehead atoms. The molecule has 1 amide bonds. The third-order valence-electron chi connectivity index (χ3n) is 2.95. The van der Waals surface area contributed by atoms with Gasteiger partial charge < -0.3 is 30.5 Å². The van der Waals surface area contributed by atoms with Crippen molar-refractivity contribution in [2.24, 2.45) is 0 Å². The topological polar surface area (TPSA) is 119 Å². The van der Waals surface area contributed by atoms with Gasteiger partial charge in [-0.1, -0.05) is 13.3 Å². The maximum atomic E-state index is 11.5. The molecule has 1 rings (SSSR count). The number of amides is 1. The summed E-state index contributed by atoms with van der Waals surface area (Å²) in [7, 11) is 0. The normalized spacial score (nSPS) is 36.4. The molecule has 0 aromatic rings. The summed E-state index contributed by atoms with van der Waals surface area (Å²) in [6.45, 7) is 1.44. The minimum absolute atomic E-state index is 0.297. The molecule has 18 heavy (non-hydrogen) atoms. The first kappa shape index (κ1) is 15.3. The van der Waals surface area contributed by atoms with E-state index in [0.717, 1.165) is 6.42 Å². The molecule has 0 aromatic heterocycles. The van der Waals surface area contributed by atoms with Crippen LogP contribution in [0, 0.1) is 0 Å². The number of hydrogen-bond acceptors (Lipinski definition) is 6. The van der Waals surface area contributed by atoms with Crippen LogP contribution >= 0.6 is 0 Å². The lowest BCUT2D eigenvalue weighted by Gasteiger charge is -2.40. The van der Waals surface area contributed by atoms with E-state index in [1.807, 2.05) is 6.92 Å². The molecule has 1 fully saturated rings. The Hall–Kier alpha value is -0.730. The van der Waals surface area contributed by atoms with Crippen molar-refractivity contribution >= 4 is 5.91 Å². The fourth-order valence-corrected chi connectivity index (χ4v) is 1.79. The molecule has 1 aliphatic heterocycles. The number of carbonyl (C=O) groups is 1. The van der Waals surface area contributed by atoms with Crippen LogP contribution in [0.5, 0.6) is 0 Å². The average Bonchev–Trinajstić information content (AvgIpc) is 2.37. The van der Waals surface area contributed by atoms with Crippen molar-refractivity contribution < 1.29 is 30.0 Å². The van der Waals surface area contributed by atoms with Gasteiger partial charge >= 0.3 is 0 Å². The highest BCUT2D eigenvalue weighted by Gasteiger charge is 2.43. The van der Waals surface area contributed by atoms with E-state index < -0.39 is 37.3 Å². The van der Waals surface area contributed by atoms with Gasteiger partial charge in [-0.2, -0.15) is 0 Å². The molecule has 1 heterocycles. The maximum Gasteiger partial charge on any atom is 0.222 e. The molecule has 0 aliphatic carbocycles. The van der Waals surface area contributed by atoms with E-state index in [9.17, 15) is 20.1 Å². The molecule has 0 aromatic carbocycles. The predicted octanol–water partition coefficient (Wildman–Crippen LogP) is -1.91. The Morgan fingerprint density at radius 2 is 1.89 bits per heavy atom. The van der Waals surface area contributed by atoms with Gasteiger partial charge in [0.15, 0.2) is 6.23 Å². The van der Waals surface area contributed by atoms with E-state index >= 15 is 0 Å². The number of ether oxygens (including phenoxy) is 1. The van der Waals surface area contributed by atoms with Gasteiger partial charge in [0.05, 0.1) is 6.61 Å². The minimum atomic E-state index is -1.47. The number of unbranched alkanes of at least 4 members (excludes halogenated alkanes) is 1. The largest absolute Gasteiger partial charge is 0.394 e. The van der Waals surface area contributed by atoms with Crippen molar-refractivity contribution in [3.05, 3.63) is 0 Å². The summed E-state index contributed by atoms with van der Waals surface area (Å²) in [5.74, 6) is -0.304. The second-order valence-corrected chi connectivity index (χ2v) is 4.42. The molecule has 0 saturated carbocycles. The number of nitrogens with one attached hydrogen (secondary N) is 1. The molecule has 7 heteroatoms. The molecule has 0 spiro atoms. The van der Waals surface area contributed by atoms with E-state index in [-0.39, 0.29) is 5.91 Å². The summed E-state index contributed by atoms with van der Waals surface area (Å²) >= 11 is 0. The minimum Gasteiger partial charge on any atom is -0.394 e. The fourth-order valence-electron chi connectivity index (χ4n) is 1.79. The highest BCUT2D eigenvalue weighted by Crippen LogP contribution is 2.19. The maximum absolute atomic E-state index is 11.5. The monoisotopic (exact) mass is 263 g/mol. The van der Waals surface area contributed by atoms with Crippen molar-refractivity contribution in [3.8, 4) is 0 Å². The van der Waals surface area contributed by atoms with Crippen LogP contribution < -0.4 is 5.32 Å². The molecular weight excluding hydrogens is 242 g/mol. The summed E-state index contributed by atoms with van der Waals surface area (Å²) in [4.78, 5) is 11.5. The lowest BCUT2D eigenvalue weighted by atomic mass is 9.98. The van der Waals surface area contributed by atoms with Crippen molar-refractivity contribution in [3.63, 3.8) is 0 Å². The van der Waals surface area contributed by atoms with E-state index in [1.165, 1.54) is 0 Å². The number of rotatable bonds is 5. The van der Waals surface area contributed by atoms with Crippen molar-refractivity contribution in [1.29, 1.82) is 0 Å². The van der Waals surface area contributed by atoms with Crippen LogP contribution in [0.2, 0.25) is 0 Å². The first-order chi connectivity index (χ1) is 8.51. The number of aliphatic hydroxyl groups is 4.